The van der Waals surface area contributed by atoms with Crippen molar-refractivity contribution in [3.05, 3.63) is 27.5 Å². The van der Waals surface area contributed by atoms with Gasteiger partial charge in [0.2, 0.25) is 0 Å². The van der Waals surface area contributed by atoms with Gasteiger partial charge in [0, 0.05) is 20.1 Å². The number of benzene rings is 1. The third kappa shape index (κ3) is 4.45. The third-order valence-corrected chi connectivity index (χ3v) is 6.49. The highest BCUT2D eigenvalue weighted by Crippen LogP contribution is 2.40. The van der Waals surface area contributed by atoms with Crippen molar-refractivity contribution < 1.29 is 22.6 Å². The molecule has 134 valence electrons. The van der Waals surface area contributed by atoms with Crippen molar-refractivity contribution >= 4 is 41.6 Å². The molecule has 0 bridgehead atoms. The minimum absolute atomic E-state index is 0.106. The average Bonchev–Trinajstić information content (AvgIpc) is 2.74. The van der Waals surface area contributed by atoms with Crippen LogP contribution in [-0.4, -0.2) is 26.4 Å². The van der Waals surface area contributed by atoms with Gasteiger partial charge in [-0.25, -0.2) is 0 Å². The molecule has 1 heterocycles. The van der Waals surface area contributed by atoms with Crippen LogP contribution in [0.15, 0.2) is 18.2 Å². The molecule has 0 N–H and O–H groups in total. The van der Waals surface area contributed by atoms with Crippen LogP contribution in [-0.2, 0) is 17.6 Å². The third-order valence-electron chi connectivity index (χ3n) is 3.69. The van der Waals surface area contributed by atoms with E-state index in [-0.39, 0.29) is 10.3 Å². The summed E-state index contributed by atoms with van der Waals surface area (Å²) in [5, 5.41) is 0.524. The van der Waals surface area contributed by atoms with E-state index in [2.05, 4.69) is 19.6 Å². The molecule has 1 aromatic heterocycles. The number of hydrogen-bond acceptors (Lipinski definition) is 2. The summed E-state index contributed by atoms with van der Waals surface area (Å²) >= 11 is 1.75. The van der Waals surface area contributed by atoms with E-state index in [0.29, 0.717) is 23.3 Å². The predicted molar refractivity (Wildman–Crippen MR) is 100 cm³/mol. The number of rotatable bonds is 6. The quantitative estimate of drug-likeness (QED) is 0.312. The van der Waals surface area contributed by atoms with Gasteiger partial charge < -0.3 is 14.0 Å². The van der Waals surface area contributed by atoms with Crippen LogP contribution in [0.1, 0.15) is 5.69 Å². The van der Waals surface area contributed by atoms with E-state index >= 15 is 0 Å². The summed E-state index contributed by atoms with van der Waals surface area (Å²) in [6.45, 7) is 6.98. The second-order valence-corrected chi connectivity index (χ2v) is 13.5. The van der Waals surface area contributed by atoms with E-state index in [4.69, 9.17) is 9.47 Å². The van der Waals surface area contributed by atoms with Crippen molar-refractivity contribution in [2.24, 2.45) is 0 Å². The Hall–Kier alpha value is -0.743. The first-order valence-corrected chi connectivity index (χ1v) is 12.3. The summed E-state index contributed by atoms with van der Waals surface area (Å²) < 4.78 is 52.6. The van der Waals surface area contributed by atoms with Gasteiger partial charge in [-0.3, -0.25) is 0 Å². The largest absolute Gasteiger partial charge is 0.497 e. The van der Waals surface area contributed by atoms with E-state index in [9.17, 15) is 13.2 Å². The first-order valence-electron chi connectivity index (χ1n) is 7.55. The molecule has 0 aliphatic heterocycles. The molecule has 0 aliphatic rings. The molecular weight excluding hydrogens is 450 g/mol. The highest BCUT2D eigenvalue weighted by atomic mass is 127. The lowest BCUT2D eigenvalue weighted by Crippen LogP contribution is -2.22. The lowest BCUT2D eigenvalue weighted by Gasteiger charge is -2.17. The van der Waals surface area contributed by atoms with Crippen molar-refractivity contribution in [1.82, 2.24) is 4.57 Å². The Bertz CT molecular complexity index is 723. The van der Waals surface area contributed by atoms with E-state index < -0.39 is 19.9 Å². The first kappa shape index (κ1) is 19.6. The second-order valence-electron chi connectivity index (χ2n) is 6.82. The van der Waals surface area contributed by atoms with Gasteiger partial charge >= 0.3 is 6.18 Å². The number of halogens is 4. The Balaban J connectivity index is 2.39. The van der Waals surface area contributed by atoms with Gasteiger partial charge in [-0.05, 0) is 46.8 Å². The zero-order valence-corrected chi connectivity index (χ0v) is 17.3. The monoisotopic (exact) mass is 471 g/mol. The summed E-state index contributed by atoms with van der Waals surface area (Å²) in [4.78, 5) is 0. The smallest absolute Gasteiger partial charge is 0.432 e. The minimum atomic E-state index is -4.44. The maximum absolute atomic E-state index is 13.5. The summed E-state index contributed by atoms with van der Waals surface area (Å²) in [5.41, 5.74) is -0.167. The maximum atomic E-state index is 13.5. The molecule has 0 amide bonds. The molecule has 0 unspecified atom stereocenters. The van der Waals surface area contributed by atoms with E-state index in [1.54, 1.807) is 40.8 Å². The maximum Gasteiger partial charge on any atom is 0.432 e. The molecule has 8 heteroatoms. The van der Waals surface area contributed by atoms with E-state index in [1.807, 2.05) is 0 Å². The zero-order chi connectivity index (χ0) is 18.1. The number of hydrogen-bond donors (Lipinski definition) is 0. The second kappa shape index (κ2) is 7.25. The topological polar surface area (TPSA) is 23.4 Å². The van der Waals surface area contributed by atoms with Crippen LogP contribution in [0.25, 0.3) is 10.9 Å². The Morgan fingerprint density at radius 3 is 2.42 bits per heavy atom. The molecule has 0 aliphatic carbocycles. The number of nitrogens with zero attached hydrogens (tertiary/aromatic N) is 1. The molecule has 2 aromatic rings. The van der Waals surface area contributed by atoms with Gasteiger partial charge in [-0.2, -0.15) is 13.2 Å². The van der Waals surface area contributed by atoms with Gasteiger partial charge in [0.05, 0.1) is 16.2 Å². The van der Waals surface area contributed by atoms with Crippen LogP contribution in [0, 0.1) is 3.57 Å². The highest BCUT2D eigenvalue weighted by Gasteiger charge is 2.38. The fraction of sp³-hybridized carbons (Fsp3) is 0.500. The average molecular weight is 471 g/mol. The zero-order valence-electron chi connectivity index (χ0n) is 14.1. The molecule has 2 rings (SSSR count). The lowest BCUT2D eigenvalue weighted by molar-refractivity contribution is -0.146. The molecule has 0 radical (unpaired) electrons. The Morgan fingerprint density at radius 1 is 1.21 bits per heavy atom. The molecule has 0 atom stereocenters. The Labute approximate surface area is 154 Å². The Kier molecular flexibility index (Phi) is 5.91. The van der Waals surface area contributed by atoms with Gasteiger partial charge in [0.15, 0.2) is 0 Å². The SMILES string of the molecule is COc1ccc2c(c1)c(I)c(C(F)(F)F)n2COCC[Si](C)(C)C. The van der Waals surface area contributed by atoms with Crippen molar-refractivity contribution in [3.63, 3.8) is 0 Å². The number of ether oxygens (including phenoxy) is 2. The summed E-state index contributed by atoms with van der Waals surface area (Å²) in [7, 11) is 0.214. The highest BCUT2D eigenvalue weighted by molar-refractivity contribution is 14.1. The van der Waals surface area contributed by atoms with Gasteiger partial charge in [0.1, 0.15) is 18.2 Å². The van der Waals surface area contributed by atoms with Gasteiger partial charge in [-0.1, -0.05) is 19.6 Å². The van der Waals surface area contributed by atoms with Gasteiger partial charge in [-0.15, -0.1) is 0 Å². The van der Waals surface area contributed by atoms with Crippen LogP contribution >= 0.6 is 22.6 Å². The van der Waals surface area contributed by atoms with Crippen LogP contribution in [0.4, 0.5) is 13.2 Å². The molecule has 0 spiro atoms. The normalized spacial score (nSPS) is 12.8. The lowest BCUT2D eigenvalue weighted by atomic mass is 10.2. The number of methoxy groups -OCH3 is 1. The molecular formula is C16H21F3INO2Si. The molecule has 0 fully saturated rings. The molecule has 0 saturated heterocycles. The van der Waals surface area contributed by atoms with Crippen molar-refractivity contribution in [2.45, 2.75) is 38.6 Å². The van der Waals surface area contributed by atoms with Crippen molar-refractivity contribution in [2.75, 3.05) is 13.7 Å². The minimum Gasteiger partial charge on any atom is -0.497 e. The van der Waals surface area contributed by atoms with E-state index in [0.717, 1.165) is 6.04 Å². The van der Waals surface area contributed by atoms with Crippen LogP contribution in [0.2, 0.25) is 25.7 Å². The first-order chi connectivity index (χ1) is 11.0. The van der Waals surface area contributed by atoms with Crippen LogP contribution < -0.4 is 4.74 Å². The van der Waals surface area contributed by atoms with Crippen molar-refractivity contribution in [1.29, 1.82) is 0 Å². The molecule has 0 saturated carbocycles. The number of alkyl halides is 3. The fourth-order valence-corrected chi connectivity index (χ4v) is 4.15. The molecule has 1 aromatic carbocycles. The summed E-state index contributed by atoms with van der Waals surface area (Å²) in [5.74, 6) is 0.533. The predicted octanol–water partition coefficient (Wildman–Crippen LogP) is 5.59. The number of aromatic nitrogens is 1. The fourth-order valence-electron chi connectivity index (χ4n) is 2.37. The summed E-state index contributed by atoms with van der Waals surface area (Å²) in [6, 6.07) is 5.86. The molecule has 3 nitrogen and oxygen atoms in total. The Morgan fingerprint density at radius 2 is 1.88 bits per heavy atom. The van der Waals surface area contributed by atoms with E-state index in [1.165, 1.54) is 11.7 Å². The van der Waals surface area contributed by atoms with Gasteiger partial charge in [0.25, 0.3) is 0 Å². The van der Waals surface area contributed by atoms with Crippen LogP contribution in [0.5, 0.6) is 5.75 Å². The van der Waals surface area contributed by atoms with Crippen molar-refractivity contribution in [3.8, 4) is 5.75 Å². The number of fused-ring (bicyclic) bond motifs is 1. The van der Waals surface area contributed by atoms with Crippen LogP contribution in [0.3, 0.4) is 0 Å². The summed E-state index contributed by atoms with van der Waals surface area (Å²) in [6.07, 6.45) is -4.44. The standard InChI is InChI=1S/C16H21F3INO2Si/c1-22-11-5-6-13-12(9-11)14(20)15(16(17,18)19)21(13)10-23-7-8-24(2,3)4/h5-6,9H,7-8,10H2,1-4H3. The molecule has 24 heavy (non-hydrogen) atoms.